The third-order valence-corrected chi connectivity index (χ3v) is 4.83. The fourth-order valence-electron chi connectivity index (χ4n) is 3.39. The van der Waals surface area contributed by atoms with Crippen LogP contribution < -0.4 is 4.90 Å². The predicted molar refractivity (Wildman–Crippen MR) is 113 cm³/mol. The van der Waals surface area contributed by atoms with E-state index in [1.54, 1.807) is 40.2 Å². The molecule has 1 aliphatic heterocycles. The van der Waals surface area contributed by atoms with Gasteiger partial charge in [-0.2, -0.15) is 5.10 Å². The minimum atomic E-state index is -0.498. The molecule has 1 amide bonds. The predicted octanol–water partition coefficient (Wildman–Crippen LogP) is 2.97. The highest BCUT2D eigenvalue weighted by atomic mass is 16.6. The van der Waals surface area contributed by atoms with Gasteiger partial charge in [-0.15, -0.1) is 0 Å². The molecular weight excluding hydrogens is 384 g/mol. The van der Waals surface area contributed by atoms with E-state index in [1.807, 2.05) is 27.0 Å². The van der Waals surface area contributed by atoms with Gasteiger partial charge in [0.1, 0.15) is 11.4 Å². The first kappa shape index (κ1) is 19.9. The lowest BCUT2D eigenvalue weighted by Gasteiger charge is -2.26. The van der Waals surface area contributed by atoms with Crippen molar-refractivity contribution in [3.05, 3.63) is 36.8 Å². The Balaban J connectivity index is 1.47. The molecule has 158 valence electrons. The van der Waals surface area contributed by atoms with Crippen LogP contribution in [0.5, 0.6) is 5.75 Å². The number of phenolic OH excluding ortho intramolecular Hbond substituents is 1. The summed E-state index contributed by atoms with van der Waals surface area (Å²) in [5.74, 6) is 0.721. The van der Waals surface area contributed by atoms with Crippen molar-refractivity contribution in [3.8, 4) is 11.6 Å². The van der Waals surface area contributed by atoms with Gasteiger partial charge in [0.2, 0.25) is 0 Å². The Hall–Kier alpha value is -3.36. The van der Waals surface area contributed by atoms with Crippen LogP contribution in [0.2, 0.25) is 0 Å². The maximum Gasteiger partial charge on any atom is 0.410 e. The molecule has 30 heavy (non-hydrogen) atoms. The Morgan fingerprint density at radius 2 is 1.93 bits per heavy atom. The second-order valence-corrected chi connectivity index (χ2v) is 8.35. The Labute approximate surface area is 174 Å². The van der Waals surface area contributed by atoms with Gasteiger partial charge < -0.3 is 19.6 Å². The van der Waals surface area contributed by atoms with Crippen LogP contribution in [0.15, 0.2) is 36.8 Å². The minimum absolute atomic E-state index is 0.147. The molecule has 0 bridgehead atoms. The summed E-state index contributed by atoms with van der Waals surface area (Å²) < 4.78 is 7.17. The highest BCUT2D eigenvalue weighted by Crippen LogP contribution is 2.21. The summed E-state index contributed by atoms with van der Waals surface area (Å²) in [4.78, 5) is 25.3. The zero-order valence-electron chi connectivity index (χ0n) is 17.4. The number of phenols is 1. The number of aromatic nitrogens is 4. The summed E-state index contributed by atoms with van der Waals surface area (Å²) in [6.07, 6.45) is 5.93. The van der Waals surface area contributed by atoms with Crippen LogP contribution in [0.3, 0.4) is 0 Å². The monoisotopic (exact) mass is 410 g/mol. The number of fused-ring (bicyclic) bond motifs is 1. The maximum atomic E-state index is 12.4. The quantitative estimate of drug-likeness (QED) is 0.694. The summed E-state index contributed by atoms with van der Waals surface area (Å²) in [7, 11) is 0. The molecule has 0 saturated carbocycles. The summed E-state index contributed by atoms with van der Waals surface area (Å²) in [6, 6.07) is 4.89. The third-order valence-electron chi connectivity index (χ3n) is 4.83. The lowest BCUT2D eigenvalue weighted by molar-refractivity contribution is 0.0263. The average molecular weight is 410 g/mol. The summed E-state index contributed by atoms with van der Waals surface area (Å²) in [5, 5.41) is 14.1. The van der Waals surface area contributed by atoms with Gasteiger partial charge in [0, 0.05) is 32.2 Å². The van der Waals surface area contributed by atoms with Crippen LogP contribution in [0, 0.1) is 0 Å². The van der Waals surface area contributed by atoms with Crippen molar-refractivity contribution in [1.29, 1.82) is 0 Å². The first-order chi connectivity index (χ1) is 14.3. The van der Waals surface area contributed by atoms with Gasteiger partial charge >= 0.3 is 6.09 Å². The van der Waals surface area contributed by atoms with Crippen molar-refractivity contribution in [2.75, 3.05) is 31.1 Å². The fourth-order valence-corrected chi connectivity index (χ4v) is 3.39. The normalized spacial score (nSPS) is 15.3. The molecule has 0 unspecified atom stereocenters. The molecule has 9 heteroatoms. The van der Waals surface area contributed by atoms with Crippen molar-refractivity contribution >= 4 is 22.8 Å². The summed E-state index contributed by atoms with van der Waals surface area (Å²) in [6.45, 7) is 8.40. The van der Waals surface area contributed by atoms with E-state index < -0.39 is 5.60 Å². The molecular formula is C21H26N6O3. The van der Waals surface area contributed by atoms with Crippen molar-refractivity contribution in [2.24, 2.45) is 0 Å². The van der Waals surface area contributed by atoms with E-state index in [9.17, 15) is 9.90 Å². The molecule has 1 N–H and O–H groups in total. The number of hydrogen-bond acceptors (Lipinski definition) is 7. The molecule has 3 aromatic rings. The number of nitrogens with zero attached hydrogens (tertiary/aromatic N) is 6. The maximum absolute atomic E-state index is 12.4. The zero-order chi connectivity index (χ0) is 21.3. The molecule has 4 rings (SSSR count). The molecule has 1 aliphatic rings. The Kier molecular flexibility index (Phi) is 5.19. The van der Waals surface area contributed by atoms with Gasteiger partial charge in [-0.05, 0) is 39.3 Å². The largest absolute Gasteiger partial charge is 0.508 e. The van der Waals surface area contributed by atoms with Crippen molar-refractivity contribution in [1.82, 2.24) is 24.6 Å². The van der Waals surface area contributed by atoms with E-state index >= 15 is 0 Å². The number of hydrogen-bond donors (Lipinski definition) is 1. The Morgan fingerprint density at radius 1 is 1.10 bits per heavy atom. The highest BCUT2D eigenvalue weighted by Gasteiger charge is 2.25. The van der Waals surface area contributed by atoms with Gasteiger partial charge in [-0.3, -0.25) is 4.98 Å². The Bertz CT molecular complexity index is 1060. The van der Waals surface area contributed by atoms with Crippen LogP contribution in [0.25, 0.3) is 16.9 Å². The van der Waals surface area contributed by atoms with E-state index in [-0.39, 0.29) is 11.8 Å². The van der Waals surface area contributed by atoms with E-state index in [4.69, 9.17) is 4.74 Å². The van der Waals surface area contributed by atoms with Gasteiger partial charge in [0.15, 0.2) is 5.82 Å². The smallest absolute Gasteiger partial charge is 0.410 e. The molecule has 1 saturated heterocycles. The average Bonchev–Trinajstić information content (AvgIpc) is 3.04. The van der Waals surface area contributed by atoms with E-state index in [1.165, 1.54) is 0 Å². The lowest BCUT2D eigenvalue weighted by atomic mass is 10.2. The summed E-state index contributed by atoms with van der Waals surface area (Å²) in [5.41, 5.74) is 1.77. The molecule has 0 radical (unpaired) electrons. The summed E-state index contributed by atoms with van der Waals surface area (Å²) >= 11 is 0. The fraction of sp³-hybridized carbons (Fsp3) is 0.429. The molecule has 1 fully saturated rings. The SMILES string of the molecule is CC(C)(C)OC(=O)N1CCCN(c2cnn(-c3cnc4ccc(O)cc4n3)c2)CC1. The Morgan fingerprint density at radius 3 is 2.73 bits per heavy atom. The molecule has 3 heterocycles. The van der Waals surface area contributed by atoms with Crippen LogP contribution >= 0.6 is 0 Å². The number of benzene rings is 1. The van der Waals surface area contributed by atoms with Gasteiger partial charge in [-0.1, -0.05) is 0 Å². The second-order valence-electron chi connectivity index (χ2n) is 8.35. The first-order valence-electron chi connectivity index (χ1n) is 10.0. The minimum Gasteiger partial charge on any atom is -0.508 e. The molecule has 0 atom stereocenters. The topological polar surface area (TPSA) is 96.6 Å². The molecule has 9 nitrogen and oxygen atoms in total. The van der Waals surface area contributed by atoms with E-state index in [2.05, 4.69) is 20.0 Å². The van der Waals surface area contributed by atoms with Crippen LogP contribution in [0.4, 0.5) is 10.5 Å². The standard InChI is InChI=1S/C21H26N6O3/c1-21(2,3)30-20(29)26-8-4-7-25(9-10-26)15-12-23-27(14-15)19-13-22-17-6-5-16(28)11-18(17)24-19/h5-6,11-14,28H,4,7-10H2,1-3H3. The van der Waals surface area contributed by atoms with E-state index in [0.29, 0.717) is 36.5 Å². The zero-order valence-corrected chi connectivity index (χ0v) is 17.4. The number of carbonyl (C=O) groups is 1. The van der Waals surface area contributed by atoms with Gasteiger partial charge in [0.25, 0.3) is 0 Å². The molecule has 0 aliphatic carbocycles. The lowest BCUT2D eigenvalue weighted by Crippen LogP contribution is -2.39. The second kappa shape index (κ2) is 7.81. The number of anilines is 1. The highest BCUT2D eigenvalue weighted by molar-refractivity contribution is 5.76. The van der Waals surface area contributed by atoms with Crippen molar-refractivity contribution in [2.45, 2.75) is 32.8 Å². The number of amides is 1. The third kappa shape index (κ3) is 4.45. The first-order valence-corrected chi connectivity index (χ1v) is 10.0. The number of carbonyl (C=O) groups excluding carboxylic acids is 1. The van der Waals surface area contributed by atoms with Crippen molar-refractivity contribution in [3.63, 3.8) is 0 Å². The van der Waals surface area contributed by atoms with Gasteiger partial charge in [0.05, 0.1) is 35.3 Å². The van der Waals surface area contributed by atoms with Crippen LogP contribution in [0.1, 0.15) is 27.2 Å². The van der Waals surface area contributed by atoms with Crippen LogP contribution in [-0.2, 0) is 4.74 Å². The van der Waals surface area contributed by atoms with Crippen LogP contribution in [-0.4, -0.2) is 67.6 Å². The van der Waals surface area contributed by atoms with Crippen molar-refractivity contribution < 1.29 is 14.6 Å². The number of ether oxygens (including phenoxy) is 1. The molecule has 1 aromatic carbocycles. The molecule has 2 aromatic heterocycles. The van der Waals surface area contributed by atoms with E-state index in [0.717, 1.165) is 18.7 Å². The van der Waals surface area contributed by atoms with Gasteiger partial charge in [-0.25, -0.2) is 14.5 Å². The number of aromatic hydroxyl groups is 1. The molecule has 0 spiro atoms. The number of rotatable bonds is 2.